The summed E-state index contributed by atoms with van der Waals surface area (Å²) in [6.45, 7) is 1.11. The quantitative estimate of drug-likeness (QED) is 0.853. The van der Waals surface area contributed by atoms with Crippen molar-refractivity contribution in [3.8, 4) is 0 Å². The molecule has 0 unspecified atom stereocenters. The third kappa shape index (κ3) is 3.30. The zero-order valence-electron chi connectivity index (χ0n) is 11.0. The minimum atomic E-state index is 0.441. The number of aromatic nitrogens is 2. The predicted molar refractivity (Wildman–Crippen MR) is 69.8 cm³/mol. The van der Waals surface area contributed by atoms with E-state index in [1.165, 1.54) is 31.4 Å². The molecule has 2 rings (SSSR count). The molecule has 1 heterocycles. The van der Waals surface area contributed by atoms with Crippen LogP contribution in [0, 0.1) is 0 Å². The summed E-state index contributed by atoms with van der Waals surface area (Å²) in [4.78, 5) is 2.49. The molecule has 0 atom stereocenters. The summed E-state index contributed by atoms with van der Waals surface area (Å²) in [5, 5.41) is 4.20. The lowest BCUT2D eigenvalue weighted by Crippen LogP contribution is -2.39. The highest BCUT2D eigenvalue weighted by molar-refractivity contribution is 5.00. The van der Waals surface area contributed by atoms with Crippen molar-refractivity contribution in [2.24, 2.45) is 12.8 Å². The Morgan fingerprint density at radius 2 is 2.12 bits per heavy atom. The molecule has 0 amide bonds. The fraction of sp³-hybridized carbons (Fsp3) is 0.769. The number of aryl methyl sites for hydroxylation is 1. The van der Waals surface area contributed by atoms with Crippen LogP contribution < -0.4 is 5.73 Å². The van der Waals surface area contributed by atoms with Crippen molar-refractivity contribution in [2.45, 2.75) is 44.2 Å². The Morgan fingerprint density at radius 3 is 2.71 bits per heavy atom. The van der Waals surface area contributed by atoms with Gasteiger partial charge in [0.1, 0.15) is 0 Å². The van der Waals surface area contributed by atoms with Crippen LogP contribution in [-0.2, 0) is 13.5 Å². The van der Waals surface area contributed by atoms with Crippen LogP contribution in [0.5, 0.6) is 0 Å². The SMILES string of the molecule is CN(CCc1ccnn1C)C1CCC(N)CC1. The van der Waals surface area contributed by atoms with Gasteiger partial charge in [-0.3, -0.25) is 4.68 Å². The van der Waals surface area contributed by atoms with Gasteiger partial charge in [0.05, 0.1) is 0 Å². The van der Waals surface area contributed by atoms with Crippen LogP contribution in [0.15, 0.2) is 12.3 Å². The summed E-state index contributed by atoms with van der Waals surface area (Å²) >= 11 is 0. The van der Waals surface area contributed by atoms with Gasteiger partial charge in [0.2, 0.25) is 0 Å². The van der Waals surface area contributed by atoms with Crippen molar-refractivity contribution < 1.29 is 0 Å². The van der Waals surface area contributed by atoms with Crippen molar-refractivity contribution in [3.63, 3.8) is 0 Å². The van der Waals surface area contributed by atoms with E-state index in [0.29, 0.717) is 6.04 Å². The maximum atomic E-state index is 5.94. The van der Waals surface area contributed by atoms with Gasteiger partial charge in [-0.25, -0.2) is 0 Å². The smallest absolute Gasteiger partial charge is 0.0492 e. The monoisotopic (exact) mass is 236 g/mol. The largest absolute Gasteiger partial charge is 0.328 e. The summed E-state index contributed by atoms with van der Waals surface area (Å²) < 4.78 is 1.96. The van der Waals surface area contributed by atoms with Crippen molar-refractivity contribution in [1.29, 1.82) is 0 Å². The Morgan fingerprint density at radius 1 is 1.41 bits per heavy atom. The molecule has 0 saturated heterocycles. The molecule has 17 heavy (non-hydrogen) atoms. The van der Waals surface area contributed by atoms with Crippen LogP contribution in [0.25, 0.3) is 0 Å². The highest BCUT2D eigenvalue weighted by Crippen LogP contribution is 2.21. The maximum absolute atomic E-state index is 5.94. The number of hydrogen-bond donors (Lipinski definition) is 1. The predicted octanol–water partition coefficient (Wildman–Crippen LogP) is 1.16. The molecule has 4 heteroatoms. The molecule has 0 aliphatic heterocycles. The van der Waals surface area contributed by atoms with Crippen LogP contribution in [0.2, 0.25) is 0 Å². The van der Waals surface area contributed by atoms with Gasteiger partial charge < -0.3 is 10.6 Å². The first kappa shape index (κ1) is 12.6. The molecule has 1 aliphatic carbocycles. The molecule has 2 N–H and O–H groups in total. The second kappa shape index (κ2) is 5.65. The van der Waals surface area contributed by atoms with Crippen LogP contribution in [0.1, 0.15) is 31.4 Å². The average molecular weight is 236 g/mol. The third-order valence-electron chi connectivity index (χ3n) is 4.01. The Kier molecular flexibility index (Phi) is 4.18. The normalized spacial score (nSPS) is 25.4. The lowest BCUT2D eigenvalue weighted by Gasteiger charge is -2.33. The third-order valence-corrected chi connectivity index (χ3v) is 4.01. The number of nitrogens with zero attached hydrogens (tertiary/aromatic N) is 3. The minimum Gasteiger partial charge on any atom is -0.328 e. The second-order valence-corrected chi connectivity index (χ2v) is 5.25. The van der Waals surface area contributed by atoms with E-state index in [1.54, 1.807) is 0 Å². The fourth-order valence-electron chi connectivity index (χ4n) is 2.66. The number of nitrogens with two attached hydrogens (primary N) is 1. The molecule has 96 valence electrons. The van der Waals surface area contributed by atoms with E-state index in [4.69, 9.17) is 5.73 Å². The van der Waals surface area contributed by atoms with Crippen LogP contribution in [0.3, 0.4) is 0 Å². The Bertz CT molecular complexity index is 339. The van der Waals surface area contributed by atoms with Gasteiger partial charge >= 0.3 is 0 Å². The topological polar surface area (TPSA) is 47.1 Å². The van der Waals surface area contributed by atoms with Crippen molar-refractivity contribution in [2.75, 3.05) is 13.6 Å². The lowest BCUT2D eigenvalue weighted by molar-refractivity contribution is 0.184. The number of rotatable bonds is 4. The molecule has 4 nitrogen and oxygen atoms in total. The summed E-state index contributed by atoms with van der Waals surface area (Å²) in [5.41, 5.74) is 7.25. The van der Waals surface area contributed by atoms with Gasteiger partial charge in [-0.2, -0.15) is 5.10 Å². The molecule has 0 radical (unpaired) electrons. The zero-order chi connectivity index (χ0) is 12.3. The van der Waals surface area contributed by atoms with E-state index in [0.717, 1.165) is 19.0 Å². The molecule has 1 aromatic heterocycles. The highest BCUT2D eigenvalue weighted by atomic mass is 15.3. The van der Waals surface area contributed by atoms with E-state index >= 15 is 0 Å². The fourth-order valence-corrected chi connectivity index (χ4v) is 2.66. The summed E-state index contributed by atoms with van der Waals surface area (Å²) in [7, 11) is 4.24. The Labute approximate surface area is 104 Å². The van der Waals surface area contributed by atoms with E-state index in [1.807, 2.05) is 17.9 Å². The first-order valence-corrected chi connectivity index (χ1v) is 6.59. The molecule has 0 spiro atoms. The minimum absolute atomic E-state index is 0.441. The molecule has 1 aliphatic rings. The van der Waals surface area contributed by atoms with E-state index in [2.05, 4.69) is 23.1 Å². The van der Waals surface area contributed by atoms with Crippen molar-refractivity contribution >= 4 is 0 Å². The van der Waals surface area contributed by atoms with E-state index < -0.39 is 0 Å². The molecular formula is C13H24N4. The molecule has 0 bridgehead atoms. The number of likely N-dealkylation sites (N-methyl/N-ethyl adjacent to an activating group) is 1. The highest BCUT2D eigenvalue weighted by Gasteiger charge is 2.21. The van der Waals surface area contributed by atoms with E-state index in [-0.39, 0.29) is 0 Å². The van der Waals surface area contributed by atoms with Gasteiger partial charge in [-0.15, -0.1) is 0 Å². The first-order chi connectivity index (χ1) is 8.16. The van der Waals surface area contributed by atoms with Crippen LogP contribution >= 0.6 is 0 Å². The van der Waals surface area contributed by atoms with Gasteiger partial charge in [-0.1, -0.05) is 0 Å². The van der Waals surface area contributed by atoms with Crippen molar-refractivity contribution in [3.05, 3.63) is 18.0 Å². The van der Waals surface area contributed by atoms with Gasteiger partial charge in [-0.05, 0) is 38.8 Å². The maximum Gasteiger partial charge on any atom is 0.0492 e. The van der Waals surface area contributed by atoms with E-state index in [9.17, 15) is 0 Å². The van der Waals surface area contributed by atoms with Gasteiger partial charge in [0.15, 0.2) is 0 Å². The standard InChI is InChI=1S/C13H24N4/c1-16(12-5-3-11(14)4-6-12)10-8-13-7-9-15-17(13)2/h7,9,11-12H,3-6,8,10,14H2,1-2H3. The number of hydrogen-bond acceptors (Lipinski definition) is 3. The molecule has 1 fully saturated rings. The zero-order valence-corrected chi connectivity index (χ0v) is 11.0. The van der Waals surface area contributed by atoms with Gasteiger partial charge in [0.25, 0.3) is 0 Å². The molecule has 0 aromatic carbocycles. The second-order valence-electron chi connectivity index (χ2n) is 5.25. The van der Waals surface area contributed by atoms with Gasteiger partial charge in [0, 0.05) is 44.0 Å². The molecular weight excluding hydrogens is 212 g/mol. The summed E-state index contributed by atoms with van der Waals surface area (Å²) in [6.07, 6.45) is 7.82. The Hall–Kier alpha value is -0.870. The van der Waals surface area contributed by atoms with Crippen molar-refractivity contribution in [1.82, 2.24) is 14.7 Å². The Balaban J connectivity index is 1.77. The summed E-state index contributed by atoms with van der Waals surface area (Å²) in [6, 6.07) is 3.27. The average Bonchev–Trinajstić information content (AvgIpc) is 2.73. The lowest BCUT2D eigenvalue weighted by atomic mass is 9.91. The van der Waals surface area contributed by atoms with Crippen LogP contribution in [0.4, 0.5) is 0 Å². The summed E-state index contributed by atoms with van der Waals surface area (Å²) in [5.74, 6) is 0. The first-order valence-electron chi connectivity index (χ1n) is 6.59. The molecule has 1 saturated carbocycles. The molecule has 1 aromatic rings. The van der Waals surface area contributed by atoms with Crippen LogP contribution in [-0.4, -0.2) is 40.4 Å².